The van der Waals surface area contributed by atoms with Crippen LogP contribution in [0.2, 0.25) is 0 Å². The third-order valence-corrected chi connectivity index (χ3v) is 3.98. The van der Waals surface area contributed by atoms with Crippen molar-refractivity contribution in [1.82, 2.24) is 4.31 Å². The number of hydrogen-bond donors (Lipinski definition) is 1. The highest BCUT2D eigenvalue weighted by Gasteiger charge is 2.16. The van der Waals surface area contributed by atoms with Crippen LogP contribution in [0, 0.1) is 5.82 Å². The molecule has 1 aromatic rings. The van der Waals surface area contributed by atoms with Gasteiger partial charge in [0, 0.05) is 20.1 Å². The van der Waals surface area contributed by atoms with Crippen LogP contribution >= 0.6 is 0 Å². The first kappa shape index (κ1) is 13.1. The van der Waals surface area contributed by atoms with E-state index in [1.807, 2.05) is 0 Å². The number of sulfonamides is 1. The van der Waals surface area contributed by atoms with Crippen molar-refractivity contribution in [2.45, 2.75) is 6.54 Å². The van der Waals surface area contributed by atoms with Gasteiger partial charge in [0.2, 0.25) is 10.0 Å². The molecule has 0 saturated heterocycles. The lowest BCUT2D eigenvalue weighted by Crippen LogP contribution is -2.31. The smallest absolute Gasteiger partial charge is 0.215 e. The van der Waals surface area contributed by atoms with E-state index in [2.05, 4.69) is 0 Å². The molecule has 1 aromatic carbocycles. The number of rotatable bonds is 5. The summed E-state index contributed by atoms with van der Waals surface area (Å²) in [6.45, 7) is 0.232. The summed E-state index contributed by atoms with van der Waals surface area (Å²) < 4.78 is 37.2. The van der Waals surface area contributed by atoms with Crippen molar-refractivity contribution in [3.63, 3.8) is 0 Å². The van der Waals surface area contributed by atoms with Gasteiger partial charge in [0.25, 0.3) is 0 Å². The van der Waals surface area contributed by atoms with E-state index < -0.39 is 10.0 Å². The number of nitrogens with two attached hydrogens (primary N) is 1. The van der Waals surface area contributed by atoms with E-state index in [9.17, 15) is 12.8 Å². The molecule has 0 unspecified atom stereocenters. The van der Waals surface area contributed by atoms with Crippen LogP contribution in [-0.2, 0) is 16.6 Å². The maximum absolute atomic E-state index is 12.9. The molecule has 2 N–H and O–H groups in total. The van der Waals surface area contributed by atoms with E-state index in [-0.39, 0.29) is 24.7 Å². The summed E-state index contributed by atoms with van der Waals surface area (Å²) >= 11 is 0. The van der Waals surface area contributed by atoms with Gasteiger partial charge in [-0.3, -0.25) is 0 Å². The molecule has 0 bridgehead atoms. The molecule has 0 atom stereocenters. The zero-order chi connectivity index (χ0) is 12.2. The minimum Gasteiger partial charge on any atom is -0.329 e. The zero-order valence-corrected chi connectivity index (χ0v) is 9.87. The van der Waals surface area contributed by atoms with Crippen LogP contribution in [0.5, 0.6) is 0 Å². The average molecular weight is 246 g/mol. The monoisotopic (exact) mass is 246 g/mol. The first-order valence-electron chi connectivity index (χ1n) is 4.84. The lowest BCUT2D eigenvalue weighted by molar-refractivity contribution is 0.465. The molecule has 0 aliphatic heterocycles. The Morgan fingerprint density at radius 3 is 2.69 bits per heavy atom. The Balaban J connectivity index is 2.75. The maximum atomic E-state index is 12.9. The van der Waals surface area contributed by atoms with Crippen molar-refractivity contribution in [1.29, 1.82) is 0 Å². The SMILES string of the molecule is CN(Cc1cccc(F)c1)S(=O)(=O)CCN. The van der Waals surface area contributed by atoms with Crippen molar-refractivity contribution in [2.24, 2.45) is 5.73 Å². The molecule has 1 rings (SSSR count). The van der Waals surface area contributed by atoms with E-state index >= 15 is 0 Å². The van der Waals surface area contributed by atoms with Crippen LogP contribution < -0.4 is 5.73 Å². The molecule has 0 aliphatic carbocycles. The molecule has 16 heavy (non-hydrogen) atoms. The minimum absolute atomic E-state index is 0.0792. The molecule has 0 radical (unpaired) electrons. The molecule has 0 spiro atoms. The number of halogens is 1. The number of benzene rings is 1. The van der Waals surface area contributed by atoms with Gasteiger partial charge in [0.15, 0.2) is 0 Å². The normalized spacial score (nSPS) is 12.0. The fourth-order valence-electron chi connectivity index (χ4n) is 1.30. The lowest BCUT2D eigenvalue weighted by Gasteiger charge is -2.16. The van der Waals surface area contributed by atoms with E-state index in [1.54, 1.807) is 12.1 Å². The molecule has 0 aliphatic rings. The van der Waals surface area contributed by atoms with E-state index in [0.717, 1.165) is 0 Å². The number of hydrogen-bond acceptors (Lipinski definition) is 3. The summed E-state index contributed by atoms with van der Waals surface area (Å²) in [5.41, 5.74) is 5.82. The average Bonchev–Trinajstić information content (AvgIpc) is 2.17. The van der Waals surface area contributed by atoms with Crippen molar-refractivity contribution in [3.05, 3.63) is 35.6 Å². The Morgan fingerprint density at radius 1 is 1.44 bits per heavy atom. The van der Waals surface area contributed by atoms with Gasteiger partial charge in [0.1, 0.15) is 5.82 Å². The molecular weight excluding hydrogens is 231 g/mol. The van der Waals surface area contributed by atoms with E-state index in [1.165, 1.54) is 23.5 Å². The second-order valence-corrected chi connectivity index (χ2v) is 5.69. The predicted octanol–water partition coefficient (Wildman–Crippen LogP) is 0.546. The Labute approximate surface area is 94.9 Å². The van der Waals surface area contributed by atoms with Gasteiger partial charge in [-0.05, 0) is 17.7 Å². The summed E-state index contributed by atoms with van der Waals surface area (Å²) in [4.78, 5) is 0. The van der Waals surface area contributed by atoms with Crippen LogP contribution in [0.15, 0.2) is 24.3 Å². The molecular formula is C10H15FN2O2S. The van der Waals surface area contributed by atoms with Gasteiger partial charge in [-0.1, -0.05) is 12.1 Å². The third-order valence-electron chi connectivity index (χ3n) is 2.14. The van der Waals surface area contributed by atoms with Gasteiger partial charge in [0.05, 0.1) is 5.75 Å². The predicted molar refractivity (Wildman–Crippen MR) is 60.7 cm³/mol. The summed E-state index contributed by atoms with van der Waals surface area (Å²) in [6.07, 6.45) is 0. The summed E-state index contributed by atoms with van der Waals surface area (Å²) in [5, 5.41) is 0. The van der Waals surface area contributed by atoms with Crippen LogP contribution in [0.25, 0.3) is 0 Å². The van der Waals surface area contributed by atoms with Crippen LogP contribution in [0.3, 0.4) is 0 Å². The second-order valence-electron chi connectivity index (χ2n) is 3.49. The topological polar surface area (TPSA) is 63.4 Å². The largest absolute Gasteiger partial charge is 0.329 e. The third kappa shape index (κ3) is 3.55. The Bertz CT molecular complexity index is 448. The Kier molecular flexibility index (Phi) is 4.40. The lowest BCUT2D eigenvalue weighted by atomic mass is 10.2. The number of nitrogens with zero attached hydrogens (tertiary/aromatic N) is 1. The van der Waals surface area contributed by atoms with Crippen molar-refractivity contribution in [3.8, 4) is 0 Å². The van der Waals surface area contributed by atoms with E-state index in [0.29, 0.717) is 5.56 Å². The van der Waals surface area contributed by atoms with Gasteiger partial charge >= 0.3 is 0 Å². The molecule has 0 aromatic heterocycles. The molecule has 0 fully saturated rings. The van der Waals surface area contributed by atoms with Gasteiger partial charge in [-0.2, -0.15) is 0 Å². The molecule has 6 heteroatoms. The molecule has 4 nitrogen and oxygen atoms in total. The summed E-state index contributed by atoms with van der Waals surface area (Å²) in [7, 11) is -1.88. The fourth-order valence-corrected chi connectivity index (χ4v) is 2.25. The van der Waals surface area contributed by atoms with Gasteiger partial charge in [-0.25, -0.2) is 17.1 Å². The zero-order valence-electron chi connectivity index (χ0n) is 9.06. The first-order valence-corrected chi connectivity index (χ1v) is 6.45. The maximum Gasteiger partial charge on any atom is 0.215 e. The molecule has 0 heterocycles. The standard InChI is InChI=1S/C10H15FN2O2S/c1-13(16(14,15)6-5-12)8-9-3-2-4-10(11)7-9/h2-4,7H,5-6,8,12H2,1H3. The Morgan fingerprint density at radius 2 is 2.12 bits per heavy atom. The van der Waals surface area contributed by atoms with Crippen LogP contribution in [-0.4, -0.2) is 32.1 Å². The van der Waals surface area contributed by atoms with E-state index in [4.69, 9.17) is 5.73 Å². The first-order chi connectivity index (χ1) is 7.45. The van der Waals surface area contributed by atoms with Crippen LogP contribution in [0.1, 0.15) is 5.56 Å². The van der Waals surface area contributed by atoms with Gasteiger partial charge in [-0.15, -0.1) is 0 Å². The van der Waals surface area contributed by atoms with Crippen molar-refractivity contribution < 1.29 is 12.8 Å². The molecule has 0 amide bonds. The quantitative estimate of drug-likeness (QED) is 0.825. The van der Waals surface area contributed by atoms with Crippen molar-refractivity contribution in [2.75, 3.05) is 19.3 Å². The molecule has 0 saturated carbocycles. The highest BCUT2D eigenvalue weighted by molar-refractivity contribution is 7.89. The Hall–Kier alpha value is -0.980. The summed E-state index contributed by atoms with van der Waals surface area (Å²) in [6, 6.07) is 5.86. The highest BCUT2D eigenvalue weighted by Crippen LogP contribution is 2.09. The highest BCUT2D eigenvalue weighted by atomic mass is 32.2. The summed E-state index contributed by atoms with van der Waals surface area (Å²) in [5.74, 6) is -0.471. The fraction of sp³-hybridized carbons (Fsp3) is 0.400. The van der Waals surface area contributed by atoms with Crippen LogP contribution in [0.4, 0.5) is 4.39 Å². The van der Waals surface area contributed by atoms with Crippen molar-refractivity contribution >= 4 is 10.0 Å². The van der Waals surface area contributed by atoms with Gasteiger partial charge < -0.3 is 5.73 Å². The second kappa shape index (κ2) is 5.38. The minimum atomic E-state index is -3.34. The molecule has 90 valence electrons.